The van der Waals surface area contributed by atoms with E-state index >= 15 is 0 Å². The van der Waals surface area contributed by atoms with Crippen molar-refractivity contribution in [3.05, 3.63) is 0 Å². The van der Waals surface area contributed by atoms with Gasteiger partial charge in [0.1, 0.15) is 0 Å². The smallest absolute Gasteiger partial charge is 0.230 e. The number of nitrogens with one attached hydrogen (secondary N) is 1. The molecule has 4 N–H and O–H groups in total. The first-order valence-electron chi connectivity index (χ1n) is 5.30. The molecule has 5 heteroatoms. The van der Waals surface area contributed by atoms with Gasteiger partial charge in [-0.2, -0.15) is 0 Å². The quantitative estimate of drug-likeness (QED) is 0.271. The number of carbonyl (C=O) groups excluding carboxylic acids is 1. The molecule has 0 aromatic rings. The molecule has 0 heterocycles. The van der Waals surface area contributed by atoms with E-state index in [-0.39, 0.29) is 11.7 Å². The van der Waals surface area contributed by atoms with Crippen molar-refractivity contribution in [2.24, 2.45) is 22.2 Å². The third-order valence-corrected chi connectivity index (χ3v) is 3.30. The maximum absolute atomic E-state index is 11.6. The molecule has 1 amide bonds. The van der Waals surface area contributed by atoms with Gasteiger partial charge in [0.15, 0.2) is 5.84 Å². The topological polar surface area (TPSA) is 87.7 Å². The van der Waals surface area contributed by atoms with Crippen LogP contribution in [0.25, 0.3) is 0 Å². The van der Waals surface area contributed by atoms with E-state index in [2.05, 4.69) is 17.4 Å². The fourth-order valence-electron chi connectivity index (χ4n) is 1.48. The summed E-state index contributed by atoms with van der Waals surface area (Å²) in [4.78, 5) is 11.6. The summed E-state index contributed by atoms with van der Waals surface area (Å²) < 4.78 is 0. The van der Waals surface area contributed by atoms with Crippen LogP contribution in [0, 0.1) is 11.3 Å². The zero-order valence-electron chi connectivity index (χ0n) is 9.29. The molecule has 15 heavy (non-hydrogen) atoms. The normalized spacial score (nSPS) is 20.8. The molecule has 0 aromatic carbocycles. The first-order valence-corrected chi connectivity index (χ1v) is 5.30. The monoisotopic (exact) mass is 213 g/mol. The minimum Gasteiger partial charge on any atom is -0.409 e. The van der Waals surface area contributed by atoms with Crippen LogP contribution in [0.1, 0.15) is 33.1 Å². The molecule has 0 radical (unpaired) electrons. The number of nitrogens with two attached hydrogens (primary N) is 1. The van der Waals surface area contributed by atoms with Gasteiger partial charge in [-0.1, -0.05) is 12.1 Å². The van der Waals surface area contributed by atoms with E-state index in [1.54, 1.807) is 6.92 Å². The minimum atomic E-state index is -0.567. The van der Waals surface area contributed by atoms with Gasteiger partial charge < -0.3 is 16.3 Å². The summed E-state index contributed by atoms with van der Waals surface area (Å²) in [5.41, 5.74) is 5.66. The Morgan fingerprint density at radius 2 is 2.27 bits per heavy atom. The highest BCUT2D eigenvalue weighted by Crippen LogP contribution is 2.47. The molecule has 1 aliphatic carbocycles. The summed E-state index contributed by atoms with van der Waals surface area (Å²) in [7, 11) is 0. The largest absolute Gasteiger partial charge is 0.409 e. The minimum absolute atomic E-state index is 0.0474. The lowest BCUT2D eigenvalue weighted by molar-refractivity contribution is -0.122. The second kappa shape index (κ2) is 4.51. The van der Waals surface area contributed by atoms with Crippen LogP contribution >= 0.6 is 0 Å². The molecule has 1 saturated carbocycles. The molecule has 5 nitrogen and oxygen atoms in total. The lowest BCUT2D eigenvalue weighted by Gasteiger charge is -2.15. The second-order valence-corrected chi connectivity index (χ2v) is 4.32. The zero-order valence-corrected chi connectivity index (χ0v) is 9.29. The predicted molar refractivity (Wildman–Crippen MR) is 57.5 cm³/mol. The van der Waals surface area contributed by atoms with Gasteiger partial charge in [0.25, 0.3) is 0 Å². The van der Waals surface area contributed by atoms with Crippen LogP contribution in [0.3, 0.4) is 0 Å². The second-order valence-electron chi connectivity index (χ2n) is 4.32. The van der Waals surface area contributed by atoms with E-state index < -0.39 is 5.92 Å². The predicted octanol–water partition coefficient (Wildman–Crippen LogP) is 0.675. The molecule has 86 valence electrons. The Morgan fingerprint density at radius 3 is 2.67 bits per heavy atom. The van der Waals surface area contributed by atoms with Crippen molar-refractivity contribution < 1.29 is 10.0 Å². The number of amidine groups is 1. The Balaban J connectivity index is 2.36. The van der Waals surface area contributed by atoms with Crippen LogP contribution in [0.4, 0.5) is 0 Å². The van der Waals surface area contributed by atoms with Crippen LogP contribution in [0.2, 0.25) is 0 Å². The number of hydrogen-bond donors (Lipinski definition) is 3. The molecule has 0 bridgehead atoms. The van der Waals surface area contributed by atoms with E-state index in [9.17, 15) is 4.79 Å². The molecule has 1 fully saturated rings. The lowest BCUT2D eigenvalue weighted by Crippen LogP contribution is -2.39. The van der Waals surface area contributed by atoms with Crippen molar-refractivity contribution in [1.29, 1.82) is 0 Å². The van der Waals surface area contributed by atoms with E-state index in [1.165, 1.54) is 12.8 Å². The summed E-state index contributed by atoms with van der Waals surface area (Å²) >= 11 is 0. The molecule has 0 aliphatic heterocycles. The third-order valence-electron chi connectivity index (χ3n) is 3.30. The number of oxime groups is 1. The van der Waals surface area contributed by atoms with Crippen LogP contribution in [0.5, 0.6) is 0 Å². The molecule has 0 spiro atoms. The number of amides is 1. The molecule has 1 atom stereocenters. The van der Waals surface area contributed by atoms with Crippen molar-refractivity contribution in [2.45, 2.75) is 33.1 Å². The van der Waals surface area contributed by atoms with Crippen molar-refractivity contribution in [3.63, 3.8) is 0 Å². The Hall–Kier alpha value is -1.26. The zero-order chi connectivity index (χ0) is 11.5. The van der Waals surface area contributed by atoms with Gasteiger partial charge in [-0.3, -0.25) is 4.79 Å². The molecular weight excluding hydrogens is 194 g/mol. The average molecular weight is 213 g/mol. The summed E-state index contributed by atoms with van der Waals surface area (Å²) in [5, 5.41) is 14.1. The molecule has 1 unspecified atom stereocenters. The number of nitrogens with zero attached hydrogens (tertiary/aromatic N) is 1. The van der Waals surface area contributed by atoms with E-state index in [0.29, 0.717) is 12.0 Å². The molecule has 1 aliphatic rings. The first kappa shape index (κ1) is 11.8. The fraction of sp³-hybridized carbons (Fsp3) is 0.800. The summed E-state index contributed by atoms with van der Waals surface area (Å²) in [5.74, 6) is -0.790. The van der Waals surface area contributed by atoms with Crippen molar-refractivity contribution in [1.82, 2.24) is 5.32 Å². The number of rotatable bonds is 5. The summed E-state index contributed by atoms with van der Waals surface area (Å²) in [6.07, 6.45) is 3.45. The van der Waals surface area contributed by atoms with Crippen molar-refractivity contribution >= 4 is 11.7 Å². The van der Waals surface area contributed by atoms with Gasteiger partial charge in [-0.05, 0) is 31.6 Å². The van der Waals surface area contributed by atoms with Gasteiger partial charge in [-0.25, -0.2) is 0 Å². The van der Waals surface area contributed by atoms with E-state index in [1.807, 2.05) is 0 Å². The van der Waals surface area contributed by atoms with Gasteiger partial charge in [0.2, 0.25) is 5.91 Å². The highest BCUT2D eigenvalue weighted by atomic mass is 16.4. The van der Waals surface area contributed by atoms with Gasteiger partial charge >= 0.3 is 0 Å². The van der Waals surface area contributed by atoms with Crippen molar-refractivity contribution in [3.8, 4) is 0 Å². The Bertz CT molecular complexity index is 272. The lowest BCUT2D eigenvalue weighted by atomic mass is 10.0. The molecule has 0 aromatic heterocycles. The summed E-state index contributed by atoms with van der Waals surface area (Å²) in [6.45, 7) is 4.45. The van der Waals surface area contributed by atoms with Crippen LogP contribution in [0.15, 0.2) is 5.16 Å². The first-order chi connectivity index (χ1) is 7.04. The maximum Gasteiger partial charge on any atom is 0.230 e. The van der Waals surface area contributed by atoms with Gasteiger partial charge in [-0.15, -0.1) is 0 Å². The average Bonchev–Trinajstić information content (AvgIpc) is 3.04. The summed E-state index contributed by atoms with van der Waals surface area (Å²) in [6, 6.07) is 0. The fourth-order valence-corrected chi connectivity index (χ4v) is 1.48. The standard InChI is InChI=1S/C10H19N3O2/c1-3-10(4-5-10)6-12-9(14)7(2)8(11)13-15/h7,15H,3-6H2,1-2H3,(H2,11,13)(H,12,14). The number of carbonyl (C=O) groups is 1. The number of hydrogen-bond acceptors (Lipinski definition) is 3. The Kier molecular flexibility index (Phi) is 3.55. The third kappa shape index (κ3) is 2.84. The van der Waals surface area contributed by atoms with Gasteiger partial charge in [0, 0.05) is 6.54 Å². The Labute approximate surface area is 89.7 Å². The molecule has 1 rings (SSSR count). The SMILES string of the molecule is CCC1(CNC(=O)C(C)C(N)=NO)CC1. The maximum atomic E-state index is 11.6. The highest BCUT2D eigenvalue weighted by molar-refractivity contribution is 6.01. The van der Waals surface area contributed by atoms with Crippen LogP contribution in [-0.2, 0) is 4.79 Å². The van der Waals surface area contributed by atoms with Gasteiger partial charge in [0.05, 0.1) is 5.92 Å². The van der Waals surface area contributed by atoms with E-state index in [4.69, 9.17) is 10.9 Å². The van der Waals surface area contributed by atoms with Crippen LogP contribution in [-0.4, -0.2) is 23.5 Å². The van der Waals surface area contributed by atoms with E-state index in [0.717, 1.165) is 6.42 Å². The molecule has 0 saturated heterocycles. The van der Waals surface area contributed by atoms with Crippen LogP contribution < -0.4 is 11.1 Å². The van der Waals surface area contributed by atoms with Crippen molar-refractivity contribution in [2.75, 3.05) is 6.54 Å². The Morgan fingerprint density at radius 1 is 1.67 bits per heavy atom. The highest BCUT2D eigenvalue weighted by Gasteiger charge is 2.40. The molecular formula is C10H19N3O2.